The van der Waals surface area contributed by atoms with Gasteiger partial charge in [0.2, 0.25) is 12.3 Å². The van der Waals surface area contributed by atoms with E-state index in [1.165, 1.54) is 11.3 Å². The summed E-state index contributed by atoms with van der Waals surface area (Å²) in [5.41, 5.74) is 1.52. The number of nitrogens with one attached hydrogen (secondary N) is 2. The lowest BCUT2D eigenvalue weighted by Gasteiger charge is -1.97. The van der Waals surface area contributed by atoms with Gasteiger partial charge >= 0.3 is 0 Å². The first-order chi connectivity index (χ1) is 8.72. The highest BCUT2D eigenvalue weighted by molar-refractivity contribution is 7.22. The van der Waals surface area contributed by atoms with Gasteiger partial charge in [-0.05, 0) is 24.6 Å². The molecule has 2 amide bonds. The highest BCUT2D eigenvalue weighted by Crippen LogP contribution is 2.28. The molecule has 94 valence electrons. The van der Waals surface area contributed by atoms with Crippen LogP contribution in [0.15, 0.2) is 18.2 Å². The minimum absolute atomic E-state index is 0.0252. The highest BCUT2D eigenvalue weighted by Gasteiger charge is 2.07. The van der Waals surface area contributed by atoms with Crippen molar-refractivity contribution in [2.24, 2.45) is 0 Å². The van der Waals surface area contributed by atoms with Crippen LogP contribution in [0.2, 0.25) is 0 Å². The standard InChI is InChI=1S/C12H13N3O2S/c1-2-3-11(17)15-12-14-9-5-4-8(13-7-16)6-10(9)18-12/h4-7H,2-3H2,1H3,(H,13,16)(H,14,15,17). The summed E-state index contributed by atoms with van der Waals surface area (Å²) in [6.07, 6.45) is 1.93. The van der Waals surface area contributed by atoms with E-state index in [1.54, 1.807) is 6.07 Å². The van der Waals surface area contributed by atoms with Gasteiger partial charge in [-0.3, -0.25) is 9.59 Å². The topological polar surface area (TPSA) is 71.1 Å². The van der Waals surface area contributed by atoms with E-state index in [0.29, 0.717) is 23.6 Å². The maximum Gasteiger partial charge on any atom is 0.226 e. The largest absolute Gasteiger partial charge is 0.329 e. The fourth-order valence-electron chi connectivity index (χ4n) is 1.54. The average Bonchev–Trinajstić information content (AvgIpc) is 2.71. The van der Waals surface area contributed by atoms with Crippen LogP contribution in [-0.4, -0.2) is 17.3 Å². The lowest BCUT2D eigenvalue weighted by Crippen LogP contribution is -2.09. The molecule has 6 heteroatoms. The first-order valence-corrected chi connectivity index (χ1v) is 6.45. The predicted molar refractivity (Wildman–Crippen MR) is 72.8 cm³/mol. The van der Waals surface area contributed by atoms with Crippen molar-refractivity contribution in [1.82, 2.24) is 4.98 Å². The van der Waals surface area contributed by atoms with Crippen molar-refractivity contribution >= 4 is 44.7 Å². The molecule has 1 aromatic carbocycles. The number of rotatable bonds is 5. The third kappa shape index (κ3) is 2.84. The molecule has 0 unspecified atom stereocenters. The van der Waals surface area contributed by atoms with Crippen LogP contribution in [0.1, 0.15) is 19.8 Å². The molecule has 0 aliphatic heterocycles. The molecule has 0 atom stereocenters. The van der Waals surface area contributed by atoms with E-state index >= 15 is 0 Å². The van der Waals surface area contributed by atoms with Crippen molar-refractivity contribution in [3.05, 3.63) is 18.2 Å². The van der Waals surface area contributed by atoms with Crippen LogP contribution in [0.4, 0.5) is 10.8 Å². The number of benzene rings is 1. The second-order valence-electron chi connectivity index (χ2n) is 3.76. The Bertz CT molecular complexity index is 580. The molecule has 2 rings (SSSR count). The number of nitrogens with zero attached hydrogens (tertiary/aromatic N) is 1. The van der Waals surface area contributed by atoms with Gasteiger partial charge in [-0.15, -0.1) is 0 Å². The van der Waals surface area contributed by atoms with Crippen LogP contribution in [-0.2, 0) is 9.59 Å². The number of amides is 2. The van der Waals surface area contributed by atoms with E-state index in [0.717, 1.165) is 16.6 Å². The molecule has 0 spiro atoms. The van der Waals surface area contributed by atoms with E-state index < -0.39 is 0 Å². The lowest BCUT2D eigenvalue weighted by atomic mass is 10.3. The highest BCUT2D eigenvalue weighted by atomic mass is 32.1. The van der Waals surface area contributed by atoms with Crippen LogP contribution >= 0.6 is 11.3 Å². The zero-order chi connectivity index (χ0) is 13.0. The van der Waals surface area contributed by atoms with Crippen LogP contribution in [0.25, 0.3) is 10.2 Å². The van der Waals surface area contributed by atoms with Crippen LogP contribution < -0.4 is 10.6 Å². The van der Waals surface area contributed by atoms with E-state index in [9.17, 15) is 9.59 Å². The van der Waals surface area contributed by atoms with Crippen molar-refractivity contribution in [2.75, 3.05) is 10.6 Å². The Morgan fingerprint density at radius 3 is 3.06 bits per heavy atom. The van der Waals surface area contributed by atoms with Gasteiger partial charge in [-0.2, -0.15) is 0 Å². The molecule has 5 nitrogen and oxygen atoms in total. The molecular formula is C12H13N3O2S. The smallest absolute Gasteiger partial charge is 0.226 e. The first kappa shape index (κ1) is 12.5. The SMILES string of the molecule is CCCC(=O)Nc1nc2ccc(NC=O)cc2s1. The molecule has 18 heavy (non-hydrogen) atoms. The van der Waals surface area contributed by atoms with Crippen LogP contribution in [0.5, 0.6) is 0 Å². The number of anilines is 2. The first-order valence-electron chi connectivity index (χ1n) is 5.63. The summed E-state index contributed by atoms with van der Waals surface area (Å²) in [5.74, 6) is -0.0252. The Hall–Kier alpha value is -1.95. The van der Waals surface area contributed by atoms with Gasteiger partial charge in [0.05, 0.1) is 10.2 Å². The number of carbonyl (C=O) groups excluding carboxylic acids is 2. The van der Waals surface area contributed by atoms with E-state index in [2.05, 4.69) is 15.6 Å². The summed E-state index contributed by atoms with van der Waals surface area (Å²) in [6, 6.07) is 5.41. The summed E-state index contributed by atoms with van der Waals surface area (Å²) in [5, 5.41) is 5.93. The molecule has 2 aromatic rings. The number of fused-ring (bicyclic) bond motifs is 1. The number of thiazole rings is 1. The van der Waals surface area contributed by atoms with Gasteiger partial charge < -0.3 is 10.6 Å². The van der Waals surface area contributed by atoms with Crippen molar-refractivity contribution in [1.29, 1.82) is 0 Å². The Kier molecular flexibility index (Phi) is 3.88. The maximum absolute atomic E-state index is 11.5. The molecular weight excluding hydrogens is 250 g/mol. The fraction of sp³-hybridized carbons (Fsp3) is 0.250. The summed E-state index contributed by atoms with van der Waals surface area (Å²) in [7, 11) is 0. The summed E-state index contributed by atoms with van der Waals surface area (Å²) in [6.45, 7) is 1.95. The Labute approximate surface area is 108 Å². The Morgan fingerprint density at radius 2 is 2.33 bits per heavy atom. The molecule has 0 aliphatic carbocycles. The van der Waals surface area contributed by atoms with Gasteiger partial charge in [0, 0.05) is 12.1 Å². The fourth-order valence-corrected chi connectivity index (χ4v) is 2.47. The molecule has 0 fully saturated rings. The quantitative estimate of drug-likeness (QED) is 0.814. The molecule has 1 aromatic heterocycles. The molecule has 0 bridgehead atoms. The average molecular weight is 263 g/mol. The van der Waals surface area contributed by atoms with Gasteiger partial charge in [-0.1, -0.05) is 18.3 Å². The minimum atomic E-state index is -0.0252. The minimum Gasteiger partial charge on any atom is -0.329 e. The predicted octanol–water partition coefficient (Wildman–Crippen LogP) is 2.60. The summed E-state index contributed by atoms with van der Waals surface area (Å²) >= 11 is 1.39. The molecule has 0 saturated carbocycles. The maximum atomic E-state index is 11.5. The Balaban J connectivity index is 2.21. The Morgan fingerprint density at radius 1 is 1.50 bits per heavy atom. The second-order valence-corrected chi connectivity index (χ2v) is 4.79. The van der Waals surface area contributed by atoms with Gasteiger partial charge in [-0.25, -0.2) is 4.98 Å². The van der Waals surface area contributed by atoms with Crippen molar-refractivity contribution in [3.8, 4) is 0 Å². The van der Waals surface area contributed by atoms with Crippen molar-refractivity contribution in [2.45, 2.75) is 19.8 Å². The number of hydrogen-bond acceptors (Lipinski definition) is 4. The van der Waals surface area contributed by atoms with Crippen molar-refractivity contribution < 1.29 is 9.59 Å². The summed E-state index contributed by atoms with van der Waals surface area (Å²) < 4.78 is 0.925. The normalized spacial score (nSPS) is 10.3. The van der Waals surface area contributed by atoms with E-state index in [4.69, 9.17) is 0 Å². The zero-order valence-corrected chi connectivity index (χ0v) is 10.7. The molecule has 1 heterocycles. The molecule has 0 aliphatic rings. The lowest BCUT2D eigenvalue weighted by molar-refractivity contribution is -0.116. The van der Waals surface area contributed by atoms with E-state index in [1.807, 2.05) is 19.1 Å². The molecule has 0 radical (unpaired) electrons. The zero-order valence-electron chi connectivity index (χ0n) is 9.90. The van der Waals surface area contributed by atoms with Crippen molar-refractivity contribution in [3.63, 3.8) is 0 Å². The third-order valence-electron chi connectivity index (χ3n) is 2.34. The van der Waals surface area contributed by atoms with E-state index in [-0.39, 0.29) is 5.91 Å². The van der Waals surface area contributed by atoms with Gasteiger partial charge in [0.1, 0.15) is 0 Å². The third-order valence-corrected chi connectivity index (χ3v) is 3.27. The number of carbonyl (C=O) groups is 2. The summed E-state index contributed by atoms with van der Waals surface area (Å²) in [4.78, 5) is 26.1. The molecule has 2 N–H and O–H groups in total. The molecule has 0 saturated heterocycles. The monoisotopic (exact) mass is 263 g/mol. The second kappa shape index (κ2) is 5.59. The van der Waals surface area contributed by atoms with Crippen LogP contribution in [0, 0.1) is 0 Å². The van der Waals surface area contributed by atoms with Gasteiger partial charge in [0.15, 0.2) is 5.13 Å². The van der Waals surface area contributed by atoms with Crippen LogP contribution in [0.3, 0.4) is 0 Å². The van der Waals surface area contributed by atoms with Gasteiger partial charge in [0.25, 0.3) is 0 Å². The number of aromatic nitrogens is 1. The number of hydrogen-bond donors (Lipinski definition) is 2.